The summed E-state index contributed by atoms with van der Waals surface area (Å²) in [5.74, 6) is 0.920. The molecule has 0 radical (unpaired) electrons. The highest BCUT2D eigenvalue weighted by Crippen LogP contribution is 2.19. The van der Waals surface area contributed by atoms with E-state index >= 15 is 0 Å². The van der Waals surface area contributed by atoms with Gasteiger partial charge in [0.2, 0.25) is 5.82 Å². The maximum atomic E-state index is 9.11. The molecule has 3 rings (SSSR count). The summed E-state index contributed by atoms with van der Waals surface area (Å²) in [6, 6.07) is 10.8. The summed E-state index contributed by atoms with van der Waals surface area (Å²) in [4.78, 5) is 13.3. The van der Waals surface area contributed by atoms with Crippen LogP contribution >= 0.6 is 0 Å². The fourth-order valence-electron chi connectivity index (χ4n) is 3.32. The molecule has 0 aliphatic carbocycles. The number of hydrogen-bond donors (Lipinski definition) is 2. The van der Waals surface area contributed by atoms with Gasteiger partial charge in [0, 0.05) is 63.3 Å². The molecule has 1 fully saturated rings. The van der Waals surface area contributed by atoms with E-state index in [2.05, 4.69) is 82.5 Å². The number of nitrogens with one attached hydrogen (secondary N) is 2. The summed E-state index contributed by atoms with van der Waals surface area (Å²) in [7, 11) is 2.18. The highest BCUT2D eigenvalue weighted by molar-refractivity contribution is 5.48. The Balaban J connectivity index is 1.56. The first kappa shape index (κ1) is 22.0. The van der Waals surface area contributed by atoms with Gasteiger partial charge in [-0.1, -0.05) is 32.9 Å². The Bertz CT molecular complexity index is 857. The van der Waals surface area contributed by atoms with Gasteiger partial charge in [0.05, 0.1) is 0 Å². The van der Waals surface area contributed by atoms with Crippen LogP contribution in [0.25, 0.3) is 0 Å². The smallest absolute Gasteiger partial charge is 0.234 e. The summed E-state index contributed by atoms with van der Waals surface area (Å²) >= 11 is 0. The molecule has 1 aliphatic rings. The van der Waals surface area contributed by atoms with Crippen LogP contribution < -0.4 is 15.5 Å². The molecule has 2 N–H and O–H groups in total. The number of rotatable bonds is 7. The molecular weight excluding hydrogens is 374 g/mol. The minimum atomic E-state index is 0.119. The largest absolute Gasteiger partial charge is 0.369 e. The summed E-state index contributed by atoms with van der Waals surface area (Å²) < 4.78 is 0. The zero-order chi connectivity index (χ0) is 21.6. The number of hydrogen-bond acceptors (Lipinski definition) is 7. The molecule has 0 amide bonds. The second kappa shape index (κ2) is 9.88. The Morgan fingerprint density at radius 2 is 1.77 bits per heavy atom. The number of aromatic nitrogens is 2. The average Bonchev–Trinajstić information content (AvgIpc) is 2.73. The third-order valence-electron chi connectivity index (χ3n) is 5.20. The fourth-order valence-corrected chi connectivity index (χ4v) is 3.32. The van der Waals surface area contributed by atoms with Gasteiger partial charge in [-0.2, -0.15) is 5.26 Å². The van der Waals surface area contributed by atoms with E-state index in [0.29, 0.717) is 6.54 Å². The highest BCUT2D eigenvalue weighted by Gasteiger charge is 2.15. The van der Waals surface area contributed by atoms with Crippen molar-refractivity contribution < 1.29 is 0 Å². The molecule has 2 aromatic rings. The van der Waals surface area contributed by atoms with Crippen molar-refractivity contribution in [1.82, 2.24) is 20.2 Å². The first-order chi connectivity index (χ1) is 14.3. The molecule has 0 unspecified atom stereocenters. The van der Waals surface area contributed by atoms with Gasteiger partial charge >= 0.3 is 0 Å². The summed E-state index contributed by atoms with van der Waals surface area (Å²) in [5, 5.41) is 16.0. The second-order valence-electron chi connectivity index (χ2n) is 9.15. The number of piperazine rings is 1. The van der Waals surface area contributed by atoms with Crippen molar-refractivity contribution in [1.29, 1.82) is 5.26 Å². The van der Waals surface area contributed by atoms with Crippen molar-refractivity contribution in [3.8, 4) is 6.07 Å². The second-order valence-corrected chi connectivity index (χ2v) is 9.15. The van der Waals surface area contributed by atoms with Gasteiger partial charge < -0.3 is 20.4 Å². The molecule has 1 aliphatic heterocycles. The van der Waals surface area contributed by atoms with Crippen LogP contribution in [0.4, 0.5) is 11.5 Å². The van der Waals surface area contributed by atoms with E-state index in [0.717, 1.165) is 50.6 Å². The standard InChI is InChI=1S/C23H33N7/c1-23(2,3)17-27-22-19(16-26-21(13-24)28-22)15-25-14-18-5-7-20(8-6-18)30-11-9-29(4)10-12-30/h5-8,16,25H,9-12,14-15,17H2,1-4H3,(H,26,27,28). The third kappa shape index (κ3) is 6.41. The van der Waals surface area contributed by atoms with Gasteiger partial charge in [-0.05, 0) is 30.2 Å². The minimum absolute atomic E-state index is 0.119. The van der Waals surface area contributed by atoms with E-state index in [1.165, 1.54) is 11.3 Å². The van der Waals surface area contributed by atoms with Crippen LogP contribution in [0.2, 0.25) is 0 Å². The summed E-state index contributed by atoms with van der Waals surface area (Å²) in [6.45, 7) is 13.1. The average molecular weight is 408 g/mol. The molecular formula is C23H33N7. The predicted octanol–water partition coefficient (Wildman–Crippen LogP) is 2.85. The molecule has 1 saturated heterocycles. The molecule has 160 valence electrons. The maximum Gasteiger partial charge on any atom is 0.234 e. The molecule has 0 bridgehead atoms. The van der Waals surface area contributed by atoms with E-state index < -0.39 is 0 Å². The summed E-state index contributed by atoms with van der Waals surface area (Å²) in [6.07, 6.45) is 1.74. The molecule has 0 saturated carbocycles. The maximum absolute atomic E-state index is 9.11. The van der Waals surface area contributed by atoms with Gasteiger partial charge in [-0.25, -0.2) is 9.97 Å². The van der Waals surface area contributed by atoms with E-state index in [1.54, 1.807) is 6.20 Å². The first-order valence-corrected chi connectivity index (χ1v) is 10.6. The Hall–Kier alpha value is -2.69. The lowest BCUT2D eigenvalue weighted by molar-refractivity contribution is 0.313. The molecule has 1 aromatic heterocycles. The lowest BCUT2D eigenvalue weighted by Crippen LogP contribution is -2.44. The molecule has 7 heteroatoms. The SMILES string of the molecule is CN1CCN(c2ccc(CNCc3cnc(C#N)nc3NCC(C)(C)C)cc2)CC1. The van der Waals surface area contributed by atoms with Crippen LogP contribution in [0, 0.1) is 16.7 Å². The number of benzene rings is 1. The van der Waals surface area contributed by atoms with Gasteiger partial charge in [-0.15, -0.1) is 0 Å². The van der Waals surface area contributed by atoms with Gasteiger partial charge in [0.1, 0.15) is 11.9 Å². The Morgan fingerprint density at radius 1 is 1.07 bits per heavy atom. The van der Waals surface area contributed by atoms with Crippen molar-refractivity contribution in [3.05, 3.63) is 47.4 Å². The van der Waals surface area contributed by atoms with Crippen LogP contribution in [0.1, 0.15) is 37.7 Å². The topological polar surface area (TPSA) is 80.1 Å². The van der Waals surface area contributed by atoms with Crippen LogP contribution in [0.3, 0.4) is 0 Å². The third-order valence-corrected chi connectivity index (χ3v) is 5.20. The predicted molar refractivity (Wildman–Crippen MR) is 121 cm³/mol. The Morgan fingerprint density at radius 3 is 2.40 bits per heavy atom. The molecule has 0 atom stereocenters. The fraction of sp³-hybridized carbons (Fsp3) is 0.522. The number of nitriles is 1. The van der Waals surface area contributed by atoms with Crippen molar-refractivity contribution >= 4 is 11.5 Å². The minimum Gasteiger partial charge on any atom is -0.369 e. The molecule has 0 spiro atoms. The van der Waals surface area contributed by atoms with Crippen LogP contribution in [0.15, 0.2) is 30.5 Å². The van der Waals surface area contributed by atoms with Crippen molar-refractivity contribution in [2.45, 2.75) is 33.9 Å². The number of nitrogens with zero attached hydrogens (tertiary/aromatic N) is 5. The van der Waals surface area contributed by atoms with Crippen molar-refractivity contribution in [3.63, 3.8) is 0 Å². The molecule has 2 heterocycles. The number of likely N-dealkylation sites (N-methyl/N-ethyl adjacent to an activating group) is 1. The van der Waals surface area contributed by atoms with Crippen LogP contribution in [-0.4, -0.2) is 54.6 Å². The van der Waals surface area contributed by atoms with Crippen LogP contribution in [0.5, 0.6) is 0 Å². The molecule has 7 nitrogen and oxygen atoms in total. The molecule has 1 aromatic carbocycles. The van der Waals surface area contributed by atoms with E-state index in [1.807, 2.05) is 6.07 Å². The monoisotopic (exact) mass is 407 g/mol. The Kier molecular flexibility index (Phi) is 7.24. The lowest BCUT2D eigenvalue weighted by Gasteiger charge is -2.34. The van der Waals surface area contributed by atoms with Gasteiger partial charge in [-0.3, -0.25) is 0 Å². The zero-order valence-electron chi connectivity index (χ0n) is 18.6. The molecule has 30 heavy (non-hydrogen) atoms. The van der Waals surface area contributed by atoms with Crippen molar-refractivity contribution in [2.75, 3.05) is 50.0 Å². The lowest BCUT2D eigenvalue weighted by atomic mass is 9.97. The number of anilines is 2. The van der Waals surface area contributed by atoms with Gasteiger partial charge in [0.15, 0.2) is 0 Å². The van der Waals surface area contributed by atoms with Crippen LogP contribution in [-0.2, 0) is 13.1 Å². The highest BCUT2D eigenvalue weighted by atomic mass is 15.2. The van der Waals surface area contributed by atoms with E-state index in [4.69, 9.17) is 5.26 Å². The zero-order valence-corrected chi connectivity index (χ0v) is 18.6. The van der Waals surface area contributed by atoms with Crippen molar-refractivity contribution in [2.24, 2.45) is 5.41 Å². The van der Waals surface area contributed by atoms with E-state index in [-0.39, 0.29) is 11.2 Å². The first-order valence-electron chi connectivity index (χ1n) is 10.6. The van der Waals surface area contributed by atoms with E-state index in [9.17, 15) is 0 Å². The normalized spacial score (nSPS) is 15.1. The quantitative estimate of drug-likeness (QED) is 0.730. The summed E-state index contributed by atoms with van der Waals surface area (Å²) in [5.41, 5.74) is 3.62. The van der Waals surface area contributed by atoms with Gasteiger partial charge in [0.25, 0.3) is 0 Å². The Labute approximate surface area is 180 Å².